The summed E-state index contributed by atoms with van der Waals surface area (Å²) < 4.78 is 40.9. The number of nitrogens with zero attached hydrogens (tertiary/aromatic N) is 1. The summed E-state index contributed by atoms with van der Waals surface area (Å²) in [6.07, 6.45) is -3.67. The van der Waals surface area contributed by atoms with Gasteiger partial charge in [0, 0.05) is 24.8 Å². The molecule has 0 amide bonds. The summed E-state index contributed by atoms with van der Waals surface area (Å²) in [5, 5.41) is 3.37. The van der Waals surface area contributed by atoms with Crippen LogP contribution in [0.4, 0.5) is 18.9 Å². The molecule has 1 saturated heterocycles. The van der Waals surface area contributed by atoms with Crippen LogP contribution < -0.4 is 15.0 Å². The van der Waals surface area contributed by atoms with Crippen LogP contribution in [0.1, 0.15) is 13.3 Å². The Morgan fingerprint density at radius 3 is 2.80 bits per heavy atom. The topological polar surface area (TPSA) is 24.5 Å². The van der Waals surface area contributed by atoms with Gasteiger partial charge in [0.15, 0.2) is 0 Å². The number of anilines is 1. The van der Waals surface area contributed by atoms with Gasteiger partial charge in [0.2, 0.25) is 0 Å². The van der Waals surface area contributed by atoms with Crippen LogP contribution in [0.25, 0.3) is 0 Å². The van der Waals surface area contributed by atoms with Crippen molar-refractivity contribution in [3.8, 4) is 5.75 Å². The van der Waals surface area contributed by atoms with E-state index in [-0.39, 0.29) is 5.75 Å². The van der Waals surface area contributed by atoms with Crippen LogP contribution in [0.2, 0.25) is 0 Å². The lowest BCUT2D eigenvalue weighted by Gasteiger charge is -2.25. The van der Waals surface area contributed by atoms with E-state index >= 15 is 0 Å². The summed E-state index contributed by atoms with van der Waals surface area (Å²) in [6, 6.07) is 5.01. The molecule has 1 heterocycles. The molecular weight excluding hydrogens is 337 g/mol. The van der Waals surface area contributed by atoms with E-state index in [9.17, 15) is 13.2 Å². The van der Waals surface area contributed by atoms with E-state index in [2.05, 4.69) is 37.8 Å². The van der Waals surface area contributed by atoms with E-state index in [1.165, 1.54) is 6.07 Å². The van der Waals surface area contributed by atoms with Crippen molar-refractivity contribution in [2.75, 3.05) is 24.5 Å². The fourth-order valence-corrected chi connectivity index (χ4v) is 2.68. The fourth-order valence-electron chi connectivity index (χ4n) is 2.23. The van der Waals surface area contributed by atoms with E-state index < -0.39 is 6.36 Å². The summed E-state index contributed by atoms with van der Waals surface area (Å²) in [7, 11) is 0. The number of nitrogens with one attached hydrogen (secondary N) is 1. The maximum Gasteiger partial charge on any atom is 0.573 e. The number of hydrogen-bond donors (Lipinski definition) is 1. The first-order valence-corrected chi connectivity index (χ1v) is 7.18. The zero-order chi connectivity index (χ0) is 14.8. The third-order valence-electron chi connectivity index (χ3n) is 3.10. The molecule has 0 spiro atoms. The Kier molecular flexibility index (Phi) is 4.80. The van der Waals surface area contributed by atoms with Gasteiger partial charge < -0.3 is 15.0 Å². The molecule has 1 aliphatic rings. The zero-order valence-corrected chi connectivity index (χ0v) is 12.6. The lowest BCUT2D eigenvalue weighted by atomic mass is 10.2. The van der Waals surface area contributed by atoms with Gasteiger partial charge in [0.25, 0.3) is 0 Å². The molecular formula is C13H16BrF3N2O. The smallest absolute Gasteiger partial charge is 0.405 e. The second-order valence-corrected chi connectivity index (χ2v) is 5.67. The summed E-state index contributed by atoms with van der Waals surface area (Å²) in [4.78, 5) is 2.16. The van der Waals surface area contributed by atoms with Gasteiger partial charge in [-0.2, -0.15) is 0 Å². The second kappa shape index (κ2) is 6.22. The summed E-state index contributed by atoms with van der Waals surface area (Å²) in [5.41, 5.74) is 0.891. The number of benzene rings is 1. The predicted molar refractivity (Wildman–Crippen MR) is 75.1 cm³/mol. The molecule has 3 nitrogen and oxygen atoms in total. The predicted octanol–water partition coefficient (Wildman–Crippen LogP) is 3.54. The fraction of sp³-hybridized carbons (Fsp3) is 0.538. The van der Waals surface area contributed by atoms with Gasteiger partial charge in [-0.3, -0.25) is 0 Å². The molecule has 1 aliphatic heterocycles. The zero-order valence-electron chi connectivity index (χ0n) is 11.0. The number of ether oxygens (including phenoxy) is 1. The first-order chi connectivity index (χ1) is 9.35. The van der Waals surface area contributed by atoms with Crippen LogP contribution in [0.5, 0.6) is 5.75 Å². The summed E-state index contributed by atoms with van der Waals surface area (Å²) in [6.45, 7) is 4.75. The summed E-state index contributed by atoms with van der Waals surface area (Å²) in [5.74, 6) is -0.220. The van der Waals surface area contributed by atoms with Crippen molar-refractivity contribution in [2.45, 2.75) is 25.7 Å². The highest BCUT2D eigenvalue weighted by Crippen LogP contribution is 2.33. The minimum absolute atomic E-state index is 0.220. The van der Waals surface area contributed by atoms with Crippen LogP contribution in [0.3, 0.4) is 0 Å². The average molecular weight is 353 g/mol. The number of hydrogen-bond acceptors (Lipinski definition) is 3. The molecule has 1 atom stereocenters. The van der Waals surface area contributed by atoms with Gasteiger partial charge in [0.05, 0.1) is 4.47 Å². The third-order valence-corrected chi connectivity index (χ3v) is 3.72. The van der Waals surface area contributed by atoms with E-state index in [0.717, 1.165) is 31.7 Å². The van der Waals surface area contributed by atoms with Crippen LogP contribution in [-0.4, -0.2) is 32.0 Å². The van der Waals surface area contributed by atoms with E-state index in [0.29, 0.717) is 10.5 Å². The first-order valence-electron chi connectivity index (χ1n) is 6.39. The summed E-state index contributed by atoms with van der Waals surface area (Å²) >= 11 is 3.13. The molecule has 7 heteroatoms. The second-order valence-electron chi connectivity index (χ2n) is 4.82. The van der Waals surface area contributed by atoms with Gasteiger partial charge in [-0.05, 0) is 54.0 Å². The molecule has 0 aliphatic carbocycles. The van der Waals surface area contributed by atoms with Crippen LogP contribution >= 0.6 is 15.9 Å². The van der Waals surface area contributed by atoms with Crippen molar-refractivity contribution in [1.29, 1.82) is 0 Å². The molecule has 0 radical (unpaired) electrons. The molecule has 0 bridgehead atoms. The maximum atomic E-state index is 12.2. The number of rotatable bonds is 2. The molecule has 1 fully saturated rings. The highest BCUT2D eigenvalue weighted by atomic mass is 79.9. The lowest BCUT2D eigenvalue weighted by molar-refractivity contribution is -0.274. The molecule has 2 rings (SSSR count). The standard InChI is InChI=1S/C13H16BrF3N2O/c1-9-8-19(6-2-5-18-9)10-3-4-12(11(14)7-10)20-13(15,16)17/h3-4,7,9,18H,2,5-6,8H2,1H3. The molecule has 0 aromatic heterocycles. The SMILES string of the molecule is CC1CN(c2ccc(OC(F)(F)F)c(Br)c2)CCCN1. The third kappa shape index (κ3) is 4.28. The van der Waals surface area contributed by atoms with Crippen molar-refractivity contribution >= 4 is 21.6 Å². The van der Waals surface area contributed by atoms with Crippen molar-refractivity contribution in [1.82, 2.24) is 5.32 Å². The Bertz CT molecular complexity index is 467. The lowest BCUT2D eigenvalue weighted by Crippen LogP contribution is -2.35. The van der Waals surface area contributed by atoms with Crippen LogP contribution in [0.15, 0.2) is 22.7 Å². The first kappa shape index (κ1) is 15.4. The van der Waals surface area contributed by atoms with Crippen molar-refractivity contribution < 1.29 is 17.9 Å². The maximum absolute atomic E-state index is 12.2. The van der Waals surface area contributed by atoms with E-state index in [1.807, 2.05) is 0 Å². The molecule has 0 saturated carbocycles. The quantitative estimate of drug-likeness (QED) is 0.880. The largest absolute Gasteiger partial charge is 0.573 e. The Hall–Kier alpha value is -0.950. The highest BCUT2D eigenvalue weighted by Gasteiger charge is 2.32. The van der Waals surface area contributed by atoms with Crippen molar-refractivity contribution in [2.24, 2.45) is 0 Å². The molecule has 1 N–H and O–H groups in total. The van der Waals surface area contributed by atoms with Crippen molar-refractivity contribution in [3.05, 3.63) is 22.7 Å². The van der Waals surface area contributed by atoms with Gasteiger partial charge >= 0.3 is 6.36 Å². The highest BCUT2D eigenvalue weighted by molar-refractivity contribution is 9.10. The Morgan fingerprint density at radius 1 is 1.40 bits per heavy atom. The van der Waals surface area contributed by atoms with Gasteiger partial charge in [0.1, 0.15) is 5.75 Å². The molecule has 1 aromatic carbocycles. The average Bonchev–Trinajstić information content (AvgIpc) is 2.55. The normalized spacial score (nSPS) is 20.6. The Labute approximate surface area is 124 Å². The molecule has 1 aromatic rings. The van der Waals surface area contributed by atoms with Gasteiger partial charge in [-0.1, -0.05) is 0 Å². The minimum atomic E-state index is -4.68. The molecule has 112 valence electrons. The van der Waals surface area contributed by atoms with Gasteiger partial charge in [-0.25, -0.2) is 0 Å². The van der Waals surface area contributed by atoms with Crippen LogP contribution in [0, 0.1) is 0 Å². The van der Waals surface area contributed by atoms with Crippen LogP contribution in [-0.2, 0) is 0 Å². The Morgan fingerprint density at radius 2 is 2.15 bits per heavy atom. The monoisotopic (exact) mass is 352 g/mol. The number of halogens is 4. The molecule has 1 unspecified atom stereocenters. The Balaban J connectivity index is 2.15. The van der Waals surface area contributed by atoms with Crippen molar-refractivity contribution in [3.63, 3.8) is 0 Å². The number of alkyl halides is 3. The minimum Gasteiger partial charge on any atom is -0.405 e. The van der Waals surface area contributed by atoms with E-state index in [4.69, 9.17) is 0 Å². The molecule has 20 heavy (non-hydrogen) atoms. The van der Waals surface area contributed by atoms with E-state index in [1.54, 1.807) is 12.1 Å². The van der Waals surface area contributed by atoms with Gasteiger partial charge in [-0.15, -0.1) is 13.2 Å².